The molecule has 1 nitrogen and oxygen atoms in total. The Bertz CT molecular complexity index is 1070. The molecule has 6 heteroatoms. The maximum Gasteiger partial charge on any atom is 0.416 e. The van der Waals surface area contributed by atoms with E-state index in [0.29, 0.717) is 0 Å². The van der Waals surface area contributed by atoms with Gasteiger partial charge >= 0.3 is 6.18 Å². The van der Waals surface area contributed by atoms with Gasteiger partial charge in [-0.05, 0) is 67.4 Å². The van der Waals surface area contributed by atoms with Crippen LogP contribution in [0.1, 0.15) is 28.7 Å². The first-order valence-electron chi connectivity index (χ1n) is 11.2. The van der Waals surface area contributed by atoms with E-state index in [4.69, 9.17) is 4.43 Å². The van der Waals surface area contributed by atoms with Crippen LogP contribution >= 0.6 is 0 Å². The second-order valence-corrected chi connectivity index (χ2v) is 14.9. The van der Waals surface area contributed by atoms with Gasteiger partial charge in [0.15, 0.2) is 0 Å². The second kappa shape index (κ2) is 10.7. The number of hydrogen-bond acceptors (Lipinski definition) is 1. The molecule has 1 unspecified atom stereocenters. The molecular weight excluding hydrogens is 453 g/mol. The van der Waals surface area contributed by atoms with E-state index in [2.05, 4.69) is 69.4 Å². The summed E-state index contributed by atoms with van der Waals surface area (Å²) in [6, 6.07) is 22.1. The van der Waals surface area contributed by atoms with Crippen molar-refractivity contribution < 1.29 is 17.6 Å². The highest BCUT2D eigenvalue weighted by molar-refractivity contribution is 6.84. The Kier molecular flexibility index (Phi) is 8.16. The molecule has 1 atom stereocenters. The number of halogens is 3. The second-order valence-electron chi connectivity index (χ2n) is 8.94. The first-order valence-corrected chi connectivity index (χ1v) is 15.6. The van der Waals surface area contributed by atoms with Gasteiger partial charge in [-0.3, -0.25) is 0 Å². The third-order valence-electron chi connectivity index (χ3n) is 6.04. The fraction of sp³-hybridized carbons (Fsp3) is 0.259. The molecule has 0 aliphatic rings. The lowest BCUT2D eigenvalue weighted by atomic mass is 10.1. The molecule has 0 spiro atoms. The Labute approximate surface area is 198 Å². The number of rotatable bonds is 8. The quantitative estimate of drug-likeness (QED) is 0.374. The summed E-state index contributed by atoms with van der Waals surface area (Å²) in [7, 11) is -2.85. The third-order valence-corrected chi connectivity index (χ3v) is 11.2. The Balaban J connectivity index is 1.79. The van der Waals surface area contributed by atoms with E-state index in [9.17, 15) is 13.2 Å². The van der Waals surface area contributed by atoms with Crippen LogP contribution in [0.2, 0.25) is 13.1 Å². The van der Waals surface area contributed by atoms with Crippen LogP contribution in [0.4, 0.5) is 13.2 Å². The highest BCUT2D eigenvalue weighted by Gasteiger charge is 2.30. The molecule has 0 N–H and O–H groups in total. The van der Waals surface area contributed by atoms with Crippen molar-refractivity contribution in [2.24, 2.45) is 0 Å². The fourth-order valence-electron chi connectivity index (χ4n) is 3.91. The third kappa shape index (κ3) is 7.03. The predicted molar refractivity (Wildman–Crippen MR) is 138 cm³/mol. The van der Waals surface area contributed by atoms with Gasteiger partial charge in [0.25, 0.3) is 0 Å². The summed E-state index contributed by atoms with van der Waals surface area (Å²) in [6.45, 7) is 8.77. The van der Waals surface area contributed by atoms with E-state index in [1.165, 1.54) is 33.6 Å². The van der Waals surface area contributed by atoms with Gasteiger partial charge in [0.05, 0.1) is 15.1 Å². The van der Waals surface area contributed by atoms with Crippen molar-refractivity contribution >= 4 is 34.3 Å². The highest BCUT2D eigenvalue weighted by Crippen LogP contribution is 2.29. The van der Waals surface area contributed by atoms with Gasteiger partial charge in [-0.1, -0.05) is 78.0 Å². The first-order chi connectivity index (χ1) is 15.6. The van der Waals surface area contributed by atoms with Crippen LogP contribution in [0.5, 0.6) is 0 Å². The monoisotopic (exact) mass is 484 g/mol. The zero-order valence-corrected chi connectivity index (χ0v) is 22.0. The average molecular weight is 485 g/mol. The van der Waals surface area contributed by atoms with Gasteiger partial charge in [-0.25, -0.2) is 0 Å². The topological polar surface area (TPSA) is 9.23 Å². The molecule has 3 aromatic carbocycles. The summed E-state index contributed by atoms with van der Waals surface area (Å²) in [4.78, 5) is 0. The van der Waals surface area contributed by atoms with E-state index >= 15 is 0 Å². The number of aryl methyl sites for hydroxylation is 1. The van der Waals surface area contributed by atoms with Crippen LogP contribution in [0.25, 0.3) is 6.08 Å². The maximum atomic E-state index is 12.8. The van der Waals surface area contributed by atoms with Crippen molar-refractivity contribution in [3.63, 3.8) is 0 Å². The molecule has 0 saturated heterocycles. The van der Waals surface area contributed by atoms with E-state index in [-0.39, 0.29) is 5.73 Å². The zero-order valence-electron chi connectivity index (χ0n) is 19.6. The SMILES string of the molecule is Cc1cccc([SiH2]C(C/C=C\c2ccc(C(F)(F)F)cc2)O[Si](C)(C)c2ccccc2)c1C. The molecule has 174 valence electrons. The predicted octanol–water partition coefficient (Wildman–Crippen LogP) is 5.67. The highest BCUT2D eigenvalue weighted by atomic mass is 28.4. The summed E-state index contributed by atoms with van der Waals surface area (Å²) in [5, 5.41) is 2.66. The number of benzene rings is 3. The zero-order chi connectivity index (χ0) is 24.1. The maximum absolute atomic E-state index is 12.8. The molecule has 33 heavy (non-hydrogen) atoms. The van der Waals surface area contributed by atoms with Gasteiger partial charge in [-0.15, -0.1) is 0 Å². The molecule has 3 aromatic rings. The van der Waals surface area contributed by atoms with E-state index < -0.39 is 29.6 Å². The van der Waals surface area contributed by atoms with Crippen molar-refractivity contribution in [3.05, 3.63) is 101 Å². The lowest BCUT2D eigenvalue weighted by Gasteiger charge is -2.30. The average Bonchev–Trinajstić information content (AvgIpc) is 2.77. The van der Waals surface area contributed by atoms with Gasteiger partial charge in [0.1, 0.15) is 0 Å². The van der Waals surface area contributed by atoms with Gasteiger partial charge in [0, 0.05) is 5.73 Å². The van der Waals surface area contributed by atoms with Crippen LogP contribution in [0.3, 0.4) is 0 Å². The molecule has 0 heterocycles. The molecule has 0 saturated carbocycles. The summed E-state index contributed by atoms with van der Waals surface area (Å²) in [6.07, 6.45) is 0.363. The fourth-order valence-corrected chi connectivity index (χ4v) is 9.27. The molecule has 0 aromatic heterocycles. The van der Waals surface area contributed by atoms with E-state index in [1.54, 1.807) is 0 Å². The summed E-state index contributed by atoms with van der Waals surface area (Å²) < 4.78 is 45.3. The van der Waals surface area contributed by atoms with Gasteiger partial charge in [0.2, 0.25) is 8.32 Å². The van der Waals surface area contributed by atoms with Crippen molar-refractivity contribution in [1.29, 1.82) is 0 Å². The van der Waals surface area contributed by atoms with Crippen LogP contribution in [-0.2, 0) is 10.6 Å². The largest absolute Gasteiger partial charge is 0.416 e. The molecule has 0 aliphatic heterocycles. The van der Waals surface area contributed by atoms with Crippen molar-refractivity contribution in [3.8, 4) is 0 Å². The van der Waals surface area contributed by atoms with Crippen molar-refractivity contribution in [2.45, 2.75) is 45.3 Å². The minimum absolute atomic E-state index is 0.109. The normalized spacial score (nSPS) is 13.8. The standard InChI is InChI=1S/C27H31F3OSi2/c1-20-10-8-14-25(21(20)2)32-26(31-33(3,4)24-12-6-5-7-13-24)15-9-11-22-16-18-23(19-17-22)27(28,29)30/h5-14,16-19,26H,15,32H2,1-4H3/b11-9-. The Hall–Kier alpha value is -2.42. The Morgan fingerprint density at radius 2 is 1.58 bits per heavy atom. The Morgan fingerprint density at radius 3 is 2.21 bits per heavy atom. The molecule has 0 aliphatic carbocycles. The lowest BCUT2D eigenvalue weighted by molar-refractivity contribution is -0.137. The smallest absolute Gasteiger partial charge is 0.413 e. The van der Waals surface area contributed by atoms with Gasteiger partial charge < -0.3 is 4.43 Å². The minimum atomic E-state index is -4.31. The van der Waals surface area contributed by atoms with Crippen LogP contribution in [0.15, 0.2) is 78.9 Å². The number of alkyl halides is 3. The molecule has 0 amide bonds. The molecule has 3 rings (SSSR count). The van der Waals surface area contributed by atoms with E-state index in [0.717, 1.165) is 24.1 Å². The lowest BCUT2D eigenvalue weighted by Crippen LogP contribution is -2.50. The molecular formula is C27H31F3OSi2. The van der Waals surface area contributed by atoms with Gasteiger partial charge in [-0.2, -0.15) is 13.2 Å². The molecule has 0 bridgehead atoms. The molecule has 0 fully saturated rings. The summed E-state index contributed by atoms with van der Waals surface area (Å²) in [5.41, 5.74) is 2.87. The first kappa shape index (κ1) is 25.2. The Morgan fingerprint density at radius 1 is 0.909 bits per heavy atom. The van der Waals surface area contributed by atoms with Crippen LogP contribution < -0.4 is 10.4 Å². The van der Waals surface area contributed by atoms with Crippen LogP contribution in [0, 0.1) is 13.8 Å². The van der Waals surface area contributed by atoms with Crippen LogP contribution in [-0.4, -0.2) is 23.6 Å². The summed E-state index contributed by atoms with van der Waals surface area (Å²) >= 11 is 0. The summed E-state index contributed by atoms with van der Waals surface area (Å²) in [5.74, 6) is 0. The van der Waals surface area contributed by atoms with Crippen molar-refractivity contribution in [1.82, 2.24) is 0 Å². The minimum Gasteiger partial charge on any atom is -0.413 e. The van der Waals surface area contributed by atoms with E-state index in [1.807, 2.05) is 18.2 Å². The number of hydrogen-bond donors (Lipinski definition) is 0. The molecule has 0 radical (unpaired) electrons. The van der Waals surface area contributed by atoms with Crippen molar-refractivity contribution in [2.75, 3.05) is 0 Å².